The summed E-state index contributed by atoms with van der Waals surface area (Å²) in [6.45, 7) is 0.393. The molecule has 0 saturated carbocycles. The summed E-state index contributed by atoms with van der Waals surface area (Å²) in [7, 11) is 0. The average molecular weight is 270 g/mol. The average Bonchev–Trinajstić information content (AvgIpc) is 2.83. The number of nitrogen functional groups attached to an aromatic ring is 2. The minimum absolute atomic E-state index is 0.00766. The van der Waals surface area contributed by atoms with Crippen LogP contribution in [-0.2, 0) is 0 Å². The zero-order valence-electron chi connectivity index (χ0n) is 11.0. The highest BCUT2D eigenvalue weighted by Gasteiger charge is 2.35. The van der Waals surface area contributed by atoms with Crippen molar-refractivity contribution in [1.82, 2.24) is 5.32 Å². The fourth-order valence-corrected chi connectivity index (χ4v) is 2.72. The van der Waals surface area contributed by atoms with E-state index in [1.54, 1.807) is 0 Å². The zero-order chi connectivity index (χ0) is 14.1. The number of quaternary nitrogens is 1. The van der Waals surface area contributed by atoms with Crippen LogP contribution in [0.5, 0.6) is 0 Å². The van der Waals surface area contributed by atoms with Gasteiger partial charge in [-0.25, -0.2) is 0 Å². The summed E-state index contributed by atoms with van der Waals surface area (Å²) in [5, 5.41) is 15.7. The Kier molecular flexibility index (Phi) is 3.31. The first-order valence-corrected chi connectivity index (χ1v) is 6.62. The molecule has 3 atom stereocenters. The van der Waals surface area contributed by atoms with Crippen molar-refractivity contribution in [1.29, 1.82) is 0 Å². The Hall–Kier alpha value is -2.08. The van der Waals surface area contributed by atoms with Crippen molar-refractivity contribution in [2.75, 3.05) is 18.1 Å². The molecule has 1 aliphatic rings. The zero-order valence-corrected chi connectivity index (χ0v) is 11.0. The maximum atomic E-state index is 12.2. The van der Waals surface area contributed by atoms with Crippen molar-refractivity contribution < 1.29 is 5.06 Å². The van der Waals surface area contributed by atoms with E-state index >= 15 is 0 Å². The Morgan fingerprint density at radius 2 is 1.40 bits per heavy atom. The Morgan fingerprint density at radius 3 is 1.95 bits per heavy atom. The number of nitrogens with one attached hydrogen (secondary N) is 2. The summed E-state index contributed by atoms with van der Waals surface area (Å²) in [5.41, 5.74) is 14.9. The molecular formula is C15H18N4O. The molecule has 0 amide bonds. The van der Waals surface area contributed by atoms with Crippen molar-refractivity contribution in [2.24, 2.45) is 0 Å². The number of hydrogen-bond donors (Lipinski definition) is 4. The maximum absolute atomic E-state index is 12.2. The first-order chi connectivity index (χ1) is 9.65. The van der Waals surface area contributed by atoms with E-state index in [0.717, 1.165) is 16.8 Å². The SMILES string of the molecule is Nc1ccc(C2NC[NH+]([O-])C2c2ccc(N)cc2)cc1. The summed E-state index contributed by atoms with van der Waals surface area (Å²) in [4.78, 5) is 0. The van der Waals surface area contributed by atoms with Crippen LogP contribution in [0.25, 0.3) is 0 Å². The first-order valence-electron chi connectivity index (χ1n) is 6.62. The molecule has 104 valence electrons. The molecule has 3 rings (SSSR count). The molecule has 1 fully saturated rings. The molecule has 0 spiro atoms. The molecule has 6 N–H and O–H groups in total. The van der Waals surface area contributed by atoms with Gasteiger partial charge in [0.2, 0.25) is 0 Å². The lowest BCUT2D eigenvalue weighted by Crippen LogP contribution is -3.06. The second-order valence-electron chi connectivity index (χ2n) is 5.14. The minimum atomic E-state index is -0.167. The van der Waals surface area contributed by atoms with Gasteiger partial charge in [-0.1, -0.05) is 24.3 Å². The van der Waals surface area contributed by atoms with Gasteiger partial charge in [-0.05, 0) is 29.8 Å². The highest BCUT2D eigenvalue weighted by Crippen LogP contribution is 2.29. The van der Waals surface area contributed by atoms with Crippen LogP contribution in [0.2, 0.25) is 0 Å². The van der Waals surface area contributed by atoms with E-state index < -0.39 is 0 Å². The van der Waals surface area contributed by atoms with Crippen LogP contribution in [-0.4, -0.2) is 6.67 Å². The monoisotopic (exact) mass is 270 g/mol. The van der Waals surface area contributed by atoms with Crippen molar-refractivity contribution in [2.45, 2.75) is 12.1 Å². The molecule has 5 heteroatoms. The molecule has 20 heavy (non-hydrogen) atoms. The number of hydrogen-bond acceptors (Lipinski definition) is 4. The summed E-state index contributed by atoms with van der Waals surface area (Å²) in [6, 6.07) is 15.0. The summed E-state index contributed by atoms with van der Waals surface area (Å²) >= 11 is 0. The third-order valence-corrected chi connectivity index (χ3v) is 3.77. The lowest BCUT2D eigenvalue weighted by atomic mass is 9.94. The first kappa shape index (κ1) is 12.9. The number of hydroxylamine groups is 2. The lowest BCUT2D eigenvalue weighted by Gasteiger charge is -2.27. The van der Waals surface area contributed by atoms with Gasteiger partial charge in [-0.2, -0.15) is 0 Å². The van der Waals surface area contributed by atoms with Gasteiger partial charge < -0.3 is 21.7 Å². The van der Waals surface area contributed by atoms with Crippen LogP contribution in [0.4, 0.5) is 11.4 Å². The molecule has 2 aromatic carbocycles. The predicted molar refractivity (Wildman–Crippen MR) is 79.5 cm³/mol. The number of rotatable bonds is 2. The second-order valence-corrected chi connectivity index (χ2v) is 5.14. The fourth-order valence-electron chi connectivity index (χ4n) is 2.72. The number of benzene rings is 2. The normalized spacial score (nSPS) is 25.8. The van der Waals surface area contributed by atoms with Crippen LogP contribution in [0, 0.1) is 5.21 Å². The van der Waals surface area contributed by atoms with E-state index in [9.17, 15) is 5.21 Å². The quantitative estimate of drug-likeness (QED) is 0.474. The van der Waals surface area contributed by atoms with Crippen LogP contribution in [0.1, 0.15) is 23.2 Å². The van der Waals surface area contributed by atoms with Gasteiger partial charge in [-0.15, -0.1) is 0 Å². The van der Waals surface area contributed by atoms with Gasteiger partial charge in [0.25, 0.3) is 0 Å². The molecule has 0 aromatic heterocycles. The topological polar surface area (TPSA) is 91.6 Å². The minimum Gasteiger partial charge on any atom is -0.633 e. The standard InChI is InChI=1S/C15H18N4O/c16-12-5-1-10(2-6-12)14-15(19(20)9-18-14)11-3-7-13(17)8-4-11/h1-8,14-15,18-19H,9,16-17H2. The van der Waals surface area contributed by atoms with Gasteiger partial charge in [0.05, 0.1) is 6.04 Å². The van der Waals surface area contributed by atoms with E-state index in [1.807, 2.05) is 48.5 Å². The summed E-state index contributed by atoms with van der Waals surface area (Å²) in [6.07, 6.45) is 0. The van der Waals surface area contributed by atoms with Crippen LogP contribution >= 0.6 is 0 Å². The molecule has 2 aromatic rings. The van der Waals surface area contributed by atoms with Crippen LogP contribution < -0.4 is 21.8 Å². The molecule has 0 bridgehead atoms. The van der Waals surface area contributed by atoms with E-state index in [4.69, 9.17) is 11.5 Å². The van der Waals surface area contributed by atoms with Gasteiger partial charge in [-0.3, -0.25) is 5.32 Å². The van der Waals surface area contributed by atoms with Crippen LogP contribution in [0.15, 0.2) is 48.5 Å². The van der Waals surface area contributed by atoms with E-state index in [1.165, 1.54) is 0 Å². The largest absolute Gasteiger partial charge is 0.633 e. The Labute approximate surface area is 117 Å². The molecular weight excluding hydrogens is 252 g/mol. The number of anilines is 2. The summed E-state index contributed by atoms with van der Waals surface area (Å²) < 4.78 is 0. The Balaban J connectivity index is 1.94. The molecule has 3 unspecified atom stereocenters. The van der Waals surface area contributed by atoms with Crippen LogP contribution in [0.3, 0.4) is 0 Å². The third kappa shape index (κ3) is 2.34. The molecule has 1 aliphatic heterocycles. The van der Waals surface area contributed by atoms with Gasteiger partial charge in [0.15, 0.2) is 0 Å². The molecule has 5 nitrogen and oxygen atoms in total. The Bertz CT molecular complexity index is 582. The molecule has 1 saturated heterocycles. The third-order valence-electron chi connectivity index (χ3n) is 3.77. The van der Waals surface area contributed by atoms with Gasteiger partial charge in [0, 0.05) is 16.9 Å². The smallest absolute Gasteiger partial charge is 0.134 e. The van der Waals surface area contributed by atoms with E-state index in [2.05, 4.69) is 5.32 Å². The van der Waals surface area contributed by atoms with Gasteiger partial charge >= 0.3 is 0 Å². The second kappa shape index (κ2) is 5.13. The van der Waals surface area contributed by atoms with E-state index in [-0.39, 0.29) is 17.1 Å². The number of nitrogens with two attached hydrogens (primary N) is 2. The highest BCUT2D eigenvalue weighted by molar-refractivity contribution is 5.43. The maximum Gasteiger partial charge on any atom is 0.134 e. The highest BCUT2D eigenvalue weighted by atomic mass is 16.5. The lowest BCUT2D eigenvalue weighted by molar-refractivity contribution is -0.869. The molecule has 0 aliphatic carbocycles. The van der Waals surface area contributed by atoms with Crippen molar-refractivity contribution in [3.63, 3.8) is 0 Å². The molecule has 0 radical (unpaired) electrons. The Morgan fingerprint density at radius 1 is 0.900 bits per heavy atom. The molecule has 1 heterocycles. The van der Waals surface area contributed by atoms with Crippen molar-refractivity contribution in [3.05, 3.63) is 64.9 Å². The van der Waals surface area contributed by atoms with E-state index in [0.29, 0.717) is 12.4 Å². The summed E-state index contributed by atoms with van der Waals surface area (Å²) in [5.74, 6) is 0. The predicted octanol–water partition coefficient (Wildman–Crippen LogP) is 0.577. The van der Waals surface area contributed by atoms with Crippen molar-refractivity contribution >= 4 is 11.4 Å². The van der Waals surface area contributed by atoms with Crippen molar-refractivity contribution in [3.8, 4) is 0 Å². The van der Waals surface area contributed by atoms with Gasteiger partial charge in [0.1, 0.15) is 12.7 Å². The fraction of sp³-hybridized carbons (Fsp3) is 0.200.